The monoisotopic (exact) mass is 439 g/mol. The van der Waals surface area contributed by atoms with E-state index in [2.05, 4.69) is 15.6 Å². The van der Waals surface area contributed by atoms with Crippen molar-refractivity contribution in [3.05, 3.63) is 75.0 Å². The summed E-state index contributed by atoms with van der Waals surface area (Å²) in [4.78, 5) is 29.2. The minimum absolute atomic E-state index is 0.0529. The van der Waals surface area contributed by atoms with Gasteiger partial charge in [0.2, 0.25) is 0 Å². The number of nitrogens with one attached hydrogen (secondary N) is 2. The number of thiazole rings is 1. The number of nitrogens with zero attached hydrogens (tertiary/aromatic N) is 1. The molecule has 0 spiro atoms. The number of carbonyl (C=O) groups excluding carboxylic acids is 2. The fourth-order valence-electron chi connectivity index (χ4n) is 2.97. The number of benzene rings is 2. The second-order valence-electron chi connectivity index (χ2n) is 7.52. The van der Waals surface area contributed by atoms with Crippen LogP contribution < -0.4 is 15.4 Å². The van der Waals surface area contributed by atoms with Gasteiger partial charge in [0.15, 0.2) is 11.6 Å². The van der Waals surface area contributed by atoms with Crippen molar-refractivity contribution >= 4 is 28.8 Å². The first-order chi connectivity index (χ1) is 14.9. The quantitative estimate of drug-likeness (QED) is 0.563. The average Bonchev–Trinajstić information content (AvgIpc) is 3.46. The van der Waals surface area contributed by atoms with Gasteiger partial charge < -0.3 is 15.4 Å². The molecule has 4 rings (SSSR count). The van der Waals surface area contributed by atoms with Gasteiger partial charge >= 0.3 is 0 Å². The summed E-state index contributed by atoms with van der Waals surface area (Å²) in [5.74, 6) is -1.21. The Morgan fingerprint density at radius 2 is 1.87 bits per heavy atom. The number of hydrogen-bond acceptors (Lipinski definition) is 5. The fourth-order valence-corrected chi connectivity index (χ4v) is 3.57. The van der Waals surface area contributed by atoms with Gasteiger partial charge in [-0.1, -0.05) is 6.07 Å². The summed E-state index contributed by atoms with van der Waals surface area (Å²) in [5.41, 5.74) is 2.66. The predicted octanol–water partition coefficient (Wildman–Crippen LogP) is 4.62. The molecule has 3 aromatic rings. The number of amides is 2. The molecule has 2 aromatic carbocycles. The van der Waals surface area contributed by atoms with E-state index in [1.54, 1.807) is 18.2 Å². The van der Waals surface area contributed by atoms with E-state index < -0.39 is 11.7 Å². The molecule has 1 saturated carbocycles. The average molecular weight is 440 g/mol. The molecule has 31 heavy (non-hydrogen) atoms. The first-order valence-corrected chi connectivity index (χ1v) is 10.8. The molecule has 1 aliphatic rings. The zero-order chi connectivity index (χ0) is 22.0. The number of carbonyl (C=O) groups is 2. The molecular formula is C23H22FN3O3S. The molecule has 2 N–H and O–H groups in total. The maximum Gasteiger partial charge on any atom is 0.255 e. The number of halogens is 1. The summed E-state index contributed by atoms with van der Waals surface area (Å²) in [6, 6.07) is 9.43. The lowest BCUT2D eigenvalue weighted by atomic mass is 10.1. The van der Waals surface area contributed by atoms with E-state index in [9.17, 15) is 14.0 Å². The first-order valence-electron chi connectivity index (χ1n) is 9.95. The summed E-state index contributed by atoms with van der Waals surface area (Å²) in [6.07, 6.45) is 1.99. The van der Waals surface area contributed by atoms with Gasteiger partial charge in [-0.25, -0.2) is 9.37 Å². The van der Waals surface area contributed by atoms with Crippen molar-refractivity contribution in [2.75, 3.05) is 5.32 Å². The predicted molar refractivity (Wildman–Crippen MR) is 117 cm³/mol. The van der Waals surface area contributed by atoms with E-state index in [1.807, 2.05) is 19.2 Å². The van der Waals surface area contributed by atoms with Gasteiger partial charge in [0, 0.05) is 28.2 Å². The highest BCUT2D eigenvalue weighted by atomic mass is 32.1. The molecule has 1 fully saturated rings. The third-order valence-electron chi connectivity index (χ3n) is 4.90. The lowest BCUT2D eigenvalue weighted by Gasteiger charge is -2.12. The molecule has 0 saturated heterocycles. The van der Waals surface area contributed by atoms with Gasteiger partial charge in [0.25, 0.3) is 11.8 Å². The molecule has 0 radical (unpaired) electrons. The van der Waals surface area contributed by atoms with Crippen molar-refractivity contribution < 1.29 is 18.7 Å². The van der Waals surface area contributed by atoms with E-state index >= 15 is 0 Å². The largest absolute Gasteiger partial charge is 0.484 e. The van der Waals surface area contributed by atoms with Crippen LogP contribution in [0.4, 0.5) is 10.1 Å². The molecule has 8 heteroatoms. The Bertz CT molecular complexity index is 1140. The summed E-state index contributed by atoms with van der Waals surface area (Å²) in [6.45, 7) is 3.87. The van der Waals surface area contributed by atoms with E-state index in [4.69, 9.17) is 4.74 Å². The van der Waals surface area contributed by atoms with Crippen LogP contribution in [-0.4, -0.2) is 22.8 Å². The topological polar surface area (TPSA) is 80.3 Å². The molecule has 0 aliphatic heterocycles. The van der Waals surface area contributed by atoms with Crippen molar-refractivity contribution in [1.82, 2.24) is 10.3 Å². The van der Waals surface area contributed by atoms with E-state index in [1.165, 1.54) is 23.5 Å². The zero-order valence-corrected chi connectivity index (χ0v) is 18.0. The second-order valence-corrected chi connectivity index (χ2v) is 8.59. The van der Waals surface area contributed by atoms with Crippen LogP contribution in [0, 0.1) is 19.7 Å². The molecule has 0 bridgehead atoms. The Hall–Kier alpha value is -3.26. The lowest BCUT2D eigenvalue weighted by molar-refractivity contribution is 0.0949. The van der Waals surface area contributed by atoms with Crippen molar-refractivity contribution in [3.8, 4) is 5.75 Å². The van der Waals surface area contributed by atoms with Crippen LogP contribution in [0.2, 0.25) is 0 Å². The maximum absolute atomic E-state index is 14.5. The van der Waals surface area contributed by atoms with Crippen LogP contribution in [0.3, 0.4) is 0 Å². The molecule has 160 valence electrons. The number of aryl methyl sites for hydroxylation is 2. The zero-order valence-electron chi connectivity index (χ0n) is 17.2. The third kappa shape index (κ3) is 5.27. The van der Waals surface area contributed by atoms with Crippen LogP contribution in [0.1, 0.15) is 49.8 Å². The smallest absolute Gasteiger partial charge is 0.255 e. The van der Waals surface area contributed by atoms with Crippen LogP contribution in [0.15, 0.2) is 41.8 Å². The Kier molecular flexibility index (Phi) is 5.99. The molecule has 6 nitrogen and oxygen atoms in total. The highest BCUT2D eigenvalue weighted by Gasteiger charge is 2.24. The Morgan fingerprint density at radius 3 is 2.55 bits per heavy atom. The van der Waals surface area contributed by atoms with Gasteiger partial charge in [0.1, 0.15) is 6.61 Å². The maximum atomic E-state index is 14.5. The van der Waals surface area contributed by atoms with Gasteiger partial charge in [-0.15, -0.1) is 11.3 Å². The normalized spacial score (nSPS) is 13.0. The Morgan fingerprint density at radius 1 is 1.13 bits per heavy atom. The summed E-state index contributed by atoms with van der Waals surface area (Å²) >= 11 is 1.50. The number of hydrogen-bond donors (Lipinski definition) is 2. The molecule has 2 amide bonds. The van der Waals surface area contributed by atoms with Gasteiger partial charge in [-0.2, -0.15) is 0 Å². The molecule has 0 atom stereocenters. The SMILES string of the molecule is Cc1nc(COc2ccc(C(=O)Nc3cc(C(=O)NC4CC4)ccc3C)cc2F)cs1. The van der Waals surface area contributed by atoms with Gasteiger partial charge in [0.05, 0.1) is 10.7 Å². The number of aromatic nitrogens is 1. The second kappa shape index (κ2) is 8.85. The molecule has 1 aromatic heterocycles. The molecular weight excluding hydrogens is 417 g/mol. The lowest BCUT2D eigenvalue weighted by Crippen LogP contribution is -2.25. The van der Waals surface area contributed by atoms with Gasteiger partial charge in [-0.05, 0) is 62.6 Å². The molecule has 1 aliphatic carbocycles. The summed E-state index contributed by atoms with van der Waals surface area (Å²) in [5, 5.41) is 8.45. The number of ether oxygens (including phenoxy) is 1. The highest BCUT2D eigenvalue weighted by Crippen LogP contribution is 2.23. The van der Waals surface area contributed by atoms with Crippen LogP contribution >= 0.6 is 11.3 Å². The molecule has 1 heterocycles. The Labute approximate surface area is 183 Å². The summed E-state index contributed by atoms with van der Waals surface area (Å²) < 4.78 is 19.9. The van der Waals surface area contributed by atoms with E-state index in [0.717, 1.165) is 35.2 Å². The first kappa shape index (κ1) is 21.0. The highest BCUT2D eigenvalue weighted by molar-refractivity contribution is 7.09. The van der Waals surface area contributed by atoms with E-state index in [0.29, 0.717) is 11.3 Å². The standard InChI is InChI=1S/C23H22FN3O3S/c1-13-3-4-16(22(28)26-17-6-7-17)10-20(13)27-23(29)15-5-8-21(19(24)9-15)30-11-18-12-31-14(2)25-18/h3-5,8-10,12,17H,6-7,11H2,1-2H3,(H,26,28)(H,27,29). The van der Waals surface area contributed by atoms with Crippen LogP contribution in [0.25, 0.3) is 0 Å². The van der Waals surface area contributed by atoms with Crippen LogP contribution in [0.5, 0.6) is 5.75 Å². The van der Waals surface area contributed by atoms with Crippen molar-refractivity contribution in [2.45, 2.75) is 39.3 Å². The van der Waals surface area contributed by atoms with Crippen molar-refractivity contribution in [2.24, 2.45) is 0 Å². The number of rotatable bonds is 7. The minimum Gasteiger partial charge on any atom is -0.484 e. The Balaban J connectivity index is 1.43. The summed E-state index contributed by atoms with van der Waals surface area (Å²) in [7, 11) is 0. The van der Waals surface area contributed by atoms with Crippen LogP contribution in [-0.2, 0) is 6.61 Å². The van der Waals surface area contributed by atoms with Crippen molar-refractivity contribution in [1.29, 1.82) is 0 Å². The third-order valence-corrected chi connectivity index (χ3v) is 5.72. The van der Waals surface area contributed by atoms with Crippen molar-refractivity contribution in [3.63, 3.8) is 0 Å². The van der Waals surface area contributed by atoms with E-state index in [-0.39, 0.29) is 29.9 Å². The number of anilines is 1. The fraction of sp³-hybridized carbons (Fsp3) is 0.261. The minimum atomic E-state index is -0.631. The molecule has 0 unspecified atom stereocenters. The van der Waals surface area contributed by atoms with Gasteiger partial charge in [-0.3, -0.25) is 9.59 Å².